The molecule has 30 heavy (non-hydrogen) atoms. The van der Waals surface area contributed by atoms with Crippen LogP contribution in [0.4, 0.5) is 0 Å². The minimum absolute atomic E-state index is 0.0803. The van der Waals surface area contributed by atoms with Crippen LogP contribution >= 0.6 is 11.6 Å². The van der Waals surface area contributed by atoms with Gasteiger partial charge in [0.2, 0.25) is 5.82 Å². The third kappa shape index (κ3) is 4.34. The molecule has 4 rings (SSSR count). The molecule has 4 aromatic rings. The molecule has 0 fully saturated rings. The van der Waals surface area contributed by atoms with Crippen molar-refractivity contribution in [1.29, 1.82) is 0 Å². The fourth-order valence-corrected chi connectivity index (χ4v) is 3.17. The maximum atomic E-state index is 12.7. The molecule has 1 aromatic heterocycles. The minimum Gasteiger partial charge on any atom is -0.497 e. The van der Waals surface area contributed by atoms with Crippen LogP contribution in [0.3, 0.4) is 0 Å². The molecule has 3 aromatic carbocycles. The zero-order valence-electron chi connectivity index (χ0n) is 16.2. The first-order valence-corrected chi connectivity index (χ1v) is 9.71. The summed E-state index contributed by atoms with van der Waals surface area (Å²) in [4.78, 5) is 17.2. The summed E-state index contributed by atoms with van der Waals surface area (Å²) < 4.78 is 6.85. The molecule has 0 atom stereocenters. The van der Waals surface area contributed by atoms with Gasteiger partial charge in [0.25, 0.3) is 5.91 Å². The number of hydrogen-bond acceptors (Lipinski definition) is 4. The molecular formula is C23H19ClN4O2. The number of carbonyl (C=O) groups excluding carboxylic acids is 1. The van der Waals surface area contributed by atoms with Crippen molar-refractivity contribution >= 4 is 17.5 Å². The summed E-state index contributed by atoms with van der Waals surface area (Å²) in [5.41, 5.74) is 2.50. The average molecular weight is 419 g/mol. The zero-order valence-corrected chi connectivity index (χ0v) is 17.0. The van der Waals surface area contributed by atoms with E-state index in [9.17, 15) is 4.79 Å². The molecule has 7 heteroatoms. The number of amides is 1. The monoisotopic (exact) mass is 418 g/mol. The van der Waals surface area contributed by atoms with Crippen LogP contribution in [0.1, 0.15) is 16.2 Å². The number of benzene rings is 3. The average Bonchev–Trinajstić information content (AvgIpc) is 3.24. The Balaban J connectivity index is 1.68. The SMILES string of the molecule is COc1ccc(-n2nc(C(=O)NCc3ccccc3)nc2-c2cccc(Cl)c2)cc1. The van der Waals surface area contributed by atoms with E-state index in [-0.39, 0.29) is 11.7 Å². The van der Waals surface area contributed by atoms with Crippen LogP contribution in [0.25, 0.3) is 17.1 Å². The molecule has 0 unspecified atom stereocenters. The van der Waals surface area contributed by atoms with Gasteiger partial charge in [-0.2, -0.15) is 0 Å². The van der Waals surface area contributed by atoms with Crippen molar-refractivity contribution in [3.05, 3.63) is 95.3 Å². The Hall–Kier alpha value is -3.64. The molecule has 0 spiro atoms. The van der Waals surface area contributed by atoms with Gasteiger partial charge in [-0.25, -0.2) is 9.67 Å². The van der Waals surface area contributed by atoms with Crippen molar-refractivity contribution in [2.24, 2.45) is 0 Å². The fraction of sp³-hybridized carbons (Fsp3) is 0.0870. The van der Waals surface area contributed by atoms with Crippen molar-refractivity contribution in [2.45, 2.75) is 6.54 Å². The van der Waals surface area contributed by atoms with Crippen LogP contribution in [0.2, 0.25) is 5.02 Å². The maximum Gasteiger partial charge on any atom is 0.291 e. The summed E-state index contributed by atoms with van der Waals surface area (Å²) in [7, 11) is 1.61. The second-order valence-electron chi connectivity index (χ2n) is 6.55. The van der Waals surface area contributed by atoms with Gasteiger partial charge >= 0.3 is 0 Å². The minimum atomic E-state index is -0.352. The number of carbonyl (C=O) groups is 1. The summed E-state index contributed by atoms with van der Waals surface area (Å²) in [5.74, 6) is 0.975. The van der Waals surface area contributed by atoms with Gasteiger partial charge in [-0.1, -0.05) is 54.1 Å². The highest BCUT2D eigenvalue weighted by molar-refractivity contribution is 6.30. The zero-order chi connectivity index (χ0) is 20.9. The van der Waals surface area contributed by atoms with E-state index in [4.69, 9.17) is 16.3 Å². The van der Waals surface area contributed by atoms with Crippen LogP contribution in [-0.4, -0.2) is 27.8 Å². The van der Waals surface area contributed by atoms with Gasteiger partial charge in [-0.05, 0) is 42.0 Å². The number of rotatable bonds is 6. The first-order chi connectivity index (χ1) is 14.6. The fourth-order valence-electron chi connectivity index (χ4n) is 2.98. The molecular weight excluding hydrogens is 400 g/mol. The molecule has 0 saturated carbocycles. The van der Waals surface area contributed by atoms with E-state index in [2.05, 4.69) is 15.4 Å². The van der Waals surface area contributed by atoms with Gasteiger partial charge in [0.05, 0.1) is 12.8 Å². The topological polar surface area (TPSA) is 69.0 Å². The van der Waals surface area contributed by atoms with Crippen molar-refractivity contribution in [2.75, 3.05) is 7.11 Å². The van der Waals surface area contributed by atoms with E-state index in [1.54, 1.807) is 23.9 Å². The number of aromatic nitrogens is 3. The molecule has 1 amide bonds. The van der Waals surface area contributed by atoms with Crippen LogP contribution in [0.5, 0.6) is 5.75 Å². The van der Waals surface area contributed by atoms with Crippen LogP contribution in [-0.2, 0) is 6.54 Å². The van der Waals surface area contributed by atoms with Crippen molar-refractivity contribution in [1.82, 2.24) is 20.1 Å². The van der Waals surface area contributed by atoms with Crippen molar-refractivity contribution < 1.29 is 9.53 Å². The number of hydrogen-bond donors (Lipinski definition) is 1. The Morgan fingerprint density at radius 1 is 1.03 bits per heavy atom. The largest absolute Gasteiger partial charge is 0.497 e. The Labute approximate surface area is 179 Å². The maximum absolute atomic E-state index is 12.7. The number of halogens is 1. The number of nitrogens with one attached hydrogen (secondary N) is 1. The van der Waals surface area contributed by atoms with Crippen molar-refractivity contribution in [3.63, 3.8) is 0 Å². The van der Waals surface area contributed by atoms with E-state index in [1.807, 2.05) is 66.7 Å². The second-order valence-corrected chi connectivity index (χ2v) is 6.98. The highest BCUT2D eigenvalue weighted by Crippen LogP contribution is 2.25. The van der Waals surface area contributed by atoms with Gasteiger partial charge in [0.1, 0.15) is 5.75 Å². The molecule has 0 aliphatic rings. The molecule has 1 N–H and O–H groups in total. The third-order valence-corrected chi connectivity index (χ3v) is 4.74. The first-order valence-electron chi connectivity index (χ1n) is 9.33. The number of methoxy groups -OCH3 is 1. The lowest BCUT2D eigenvalue weighted by Gasteiger charge is -2.07. The Morgan fingerprint density at radius 3 is 2.50 bits per heavy atom. The van der Waals surface area contributed by atoms with Gasteiger partial charge < -0.3 is 10.1 Å². The Kier molecular flexibility index (Phi) is 5.77. The molecule has 150 valence electrons. The molecule has 0 bridgehead atoms. The molecule has 1 heterocycles. The molecule has 0 aliphatic heterocycles. The highest BCUT2D eigenvalue weighted by Gasteiger charge is 2.19. The summed E-state index contributed by atoms with van der Waals surface area (Å²) in [6.07, 6.45) is 0. The second kappa shape index (κ2) is 8.80. The smallest absolute Gasteiger partial charge is 0.291 e. The predicted octanol–water partition coefficient (Wildman–Crippen LogP) is 4.53. The van der Waals surface area contributed by atoms with E-state index in [1.165, 1.54) is 0 Å². The van der Waals surface area contributed by atoms with E-state index in [0.717, 1.165) is 22.6 Å². The lowest BCUT2D eigenvalue weighted by atomic mass is 10.2. The Bertz CT molecular complexity index is 1160. The van der Waals surface area contributed by atoms with Gasteiger partial charge in [0, 0.05) is 17.1 Å². The van der Waals surface area contributed by atoms with Crippen LogP contribution in [0, 0.1) is 0 Å². The van der Waals surface area contributed by atoms with E-state index < -0.39 is 0 Å². The van der Waals surface area contributed by atoms with Crippen LogP contribution in [0.15, 0.2) is 78.9 Å². The van der Waals surface area contributed by atoms with Crippen LogP contribution < -0.4 is 10.1 Å². The number of ether oxygens (including phenoxy) is 1. The summed E-state index contributed by atoms with van der Waals surface area (Å²) in [6.45, 7) is 0.392. The standard InChI is InChI=1S/C23H19ClN4O2/c1-30-20-12-10-19(11-13-20)28-22(17-8-5-9-18(24)14-17)26-21(27-28)23(29)25-15-16-6-3-2-4-7-16/h2-14H,15H2,1H3,(H,25,29). The third-order valence-electron chi connectivity index (χ3n) is 4.51. The summed E-state index contributed by atoms with van der Waals surface area (Å²) >= 11 is 6.17. The summed E-state index contributed by atoms with van der Waals surface area (Å²) in [5, 5.41) is 7.90. The predicted molar refractivity (Wildman–Crippen MR) is 116 cm³/mol. The molecule has 0 saturated heterocycles. The normalized spacial score (nSPS) is 10.6. The van der Waals surface area contributed by atoms with E-state index in [0.29, 0.717) is 17.4 Å². The van der Waals surface area contributed by atoms with Gasteiger partial charge in [-0.3, -0.25) is 4.79 Å². The quantitative estimate of drug-likeness (QED) is 0.499. The molecule has 6 nitrogen and oxygen atoms in total. The first kappa shape index (κ1) is 19.7. The molecule has 0 aliphatic carbocycles. The lowest BCUT2D eigenvalue weighted by Crippen LogP contribution is -2.24. The van der Waals surface area contributed by atoms with E-state index >= 15 is 0 Å². The van der Waals surface area contributed by atoms with Gasteiger partial charge in [0.15, 0.2) is 5.82 Å². The van der Waals surface area contributed by atoms with Gasteiger partial charge in [-0.15, -0.1) is 5.10 Å². The van der Waals surface area contributed by atoms with Crippen molar-refractivity contribution in [3.8, 4) is 22.8 Å². The highest BCUT2D eigenvalue weighted by atomic mass is 35.5. The molecule has 0 radical (unpaired) electrons. The number of nitrogens with zero attached hydrogens (tertiary/aromatic N) is 3. The lowest BCUT2D eigenvalue weighted by molar-refractivity contribution is 0.0940. The summed E-state index contributed by atoms with van der Waals surface area (Å²) in [6, 6.07) is 24.3. The Morgan fingerprint density at radius 2 is 1.80 bits per heavy atom.